The van der Waals surface area contributed by atoms with E-state index in [0.717, 1.165) is 91.0 Å². The highest BCUT2D eigenvalue weighted by atomic mass is 15.3. The number of piperidine rings is 1. The molecular formula is C27H34N8. The number of anilines is 2. The minimum atomic E-state index is 0.438. The molecule has 2 fully saturated rings. The van der Waals surface area contributed by atoms with Crippen molar-refractivity contribution < 1.29 is 0 Å². The van der Waals surface area contributed by atoms with Crippen LogP contribution in [-0.4, -0.2) is 68.2 Å². The third kappa shape index (κ3) is 4.31. The van der Waals surface area contributed by atoms with Gasteiger partial charge in [0.05, 0.1) is 16.7 Å². The first-order valence-electron chi connectivity index (χ1n) is 13.0. The quantitative estimate of drug-likeness (QED) is 0.462. The molecule has 2 aliphatic rings. The maximum Gasteiger partial charge on any atom is 0.160 e. The third-order valence-corrected chi connectivity index (χ3v) is 7.47. The molecule has 1 aromatic carbocycles. The Morgan fingerprint density at radius 2 is 1.71 bits per heavy atom. The number of hydrogen-bond acceptors (Lipinski definition) is 7. The summed E-state index contributed by atoms with van der Waals surface area (Å²) in [4.78, 5) is 19.7. The van der Waals surface area contributed by atoms with Crippen LogP contribution >= 0.6 is 0 Å². The molecule has 0 amide bonds. The number of nitrogens with zero attached hydrogens (tertiary/aromatic N) is 7. The van der Waals surface area contributed by atoms with E-state index >= 15 is 0 Å². The lowest BCUT2D eigenvalue weighted by atomic mass is 10.1. The number of nitrogens with one attached hydrogen (secondary N) is 1. The van der Waals surface area contributed by atoms with Crippen molar-refractivity contribution in [1.82, 2.24) is 29.5 Å². The molecule has 6 rings (SSSR count). The van der Waals surface area contributed by atoms with Crippen LogP contribution in [0.2, 0.25) is 0 Å². The zero-order valence-corrected chi connectivity index (χ0v) is 21.0. The van der Waals surface area contributed by atoms with Gasteiger partial charge in [-0.15, -0.1) is 0 Å². The van der Waals surface area contributed by atoms with Gasteiger partial charge in [0.15, 0.2) is 5.65 Å². The molecule has 3 aromatic heterocycles. The van der Waals surface area contributed by atoms with Crippen LogP contribution < -0.4 is 10.2 Å². The fourth-order valence-electron chi connectivity index (χ4n) is 5.39. The SMILES string of the molecule is CCN1CCC(Nc2cc(N3CCCC3)nc3cc(-c4nc5cc(C)ccc5nc4C)nn23)CC1. The first-order chi connectivity index (χ1) is 17.1. The van der Waals surface area contributed by atoms with Gasteiger partial charge in [0.1, 0.15) is 23.0 Å². The molecule has 2 aliphatic heterocycles. The minimum absolute atomic E-state index is 0.438. The number of fused-ring (bicyclic) bond motifs is 2. The van der Waals surface area contributed by atoms with Crippen molar-refractivity contribution in [3.63, 3.8) is 0 Å². The molecule has 0 bridgehead atoms. The number of aryl methyl sites for hydroxylation is 2. The van der Waals surface area contributed by atoms with E-state index in [-0.39, 0.29) is 0 Å². The van der Waals surface area contributed by atoms with Crippen molar-refractivity contribution in [2.45, 2.75) is 52.5 Å². The van der Waals surface area contributed by atoms with Gasteiger partial charge in [-0.25, -0.2) is 15.0 Å². The maximum atomic E-state index is 5.02. The van der Waals surface area contributed by atoms with Gasteiger partial charge in [-0.05, 0) is 63.8 Å². The lowest BCUT2D eigenvalue weighted by Crippen LogP contribution is -2.39. The van der Waals surface area contributed by atoms with Gasteiger partial charge >= 0.3 is 0 Å². The lowest BCUT2D eigenvalue weighted by Gasteiger charge is -2.32. The van der Waals surface area contributed by atoms with E-state index in [1.54, 1.807) is 0 Å². The summed E-state index contributed by atoms with van der Waals surface area (Å²) in [6.07, 6.45) is 4.72. The van der Waals surface area contributed by atoms with E-state index in [9.17, 15) is 0 Å². The molecular weight excluding hydrogens is 436 g/mol. The molecule has 0 aliphatic carbocycles. The van der Waals surface area contributed by atoms with E-state index in [1.165, 1.54) is 18.4 Å². The van der Waals surface area contributed by atoms with E-state index < -0.39 is 0 Å². The molecule has 182 valence electrons. The Balaban J connectivity index is 1.41. The van der Waals surface area contributed by atoms with Crippen molar-refractivity contribution in [2.24, 2.45) is 0 Å². The Labute approximate surface area is 206 Å². The number of rotatable bonds is 5. The van der Waals surface area contributed by atoms with Crippen LogP contribution in [0.4, 0.5) is 11.6 Å². The topological polar surface area (TPSA) is 74.5 Å². The van der Waals surface area contributed by atoms with Crippen LogP contribution in [0.1, 0.15) is 43.9 Å². The van der Waals surface area contributed by atoms with Gasteiger partial charge in [0.25, 0.3) is 0 Å². The van der Waals surface area contributed by atoms with E-state index in [1.807, 2.05) is 17.5 Å². The maximum absolute atomic E-state index is 5.02. The molecule has 8 heteroatoms. The molecule has 0 atom stereocenters. The molecule has 0 spiro atoms. The predicted octanol–water partition coefficient (Wildman–Crippen LogP) is 4.45. The molecule has 8 nitrogen and oxygen atoms in total. The Hall–Kier alpha value is -3.26. The second kappa shape index (κ2) is 9.07. The fourth-order valence-corrected chi connectivity index (χ4v) is 5.39. The van der Waals surface area contributed by atoms with Crippen LogP contribution in [0.5, 0.6) is 0 Å². The van der Waals surface area contributed by atoms with Crippen molar-refractivity contribution in [3.05, 3.63) is 41.6 Å². The minimum Gasteiger partial charge on any atom is -0.367 e. The highest BCUT2D eigenvalue weighted by molar-refractivity contribution is 5.79. The van der Waals surface area contributed by atoms with E-state index in [4.69, 9.17) is 20.1 Å². The van der Waals surface area contributed by atoms with Crippen molar-refractivity contribution in [3.8, 4) is 11.4 Å². The van der Waals surface area contributed by atoms with Crippen molar-refractivity contribution >= 4 is 28.3 Å². The van der Waals surface area contributed by atoms with Gasteiger partial charge in [-0.1, -0.05) is 13.0 Å². The number of hydrogen-bond donors (Lipinski definition) is 1. The van der Waals surface area contributed by atoms with Crippen LogP contribution in [-0.2, 0) is 0 Å². The summed E-state index contributed by atoms with van der Waals surface area (Å²) in [6.45, 7) is 11.9. The molecule has 0 unspecified atom stereocenters. The highest BCUT2D eigenvalue weighted by Crippen LogP contribution is 2.29. The molecule has 2 saturated heterocycles. The summed E-state index contributed by atoms with van der Waals surface area (Å²) in [7, 11) is 0. The number of aromatic nitrogens is 5. The summed E-state index contributed by atoms with van der Waals surface area (Å²) in [6, 6.07) is 10.9. The first-order valence-corrected chi connectivity index (χ1v) is 13.0. The van der Waals surface area contributed by atoms with Gasteiger partial charge in [-0.2, -0.15) is 9.61 Å². The summed E-state index contributed by atoms with van der Waals surface area (Å²) in [5.41, 5.74) is 6.35. The normalized spacial score (nSPS) is 17.6. The molecule has 0 radical (unpaired) electrons. The highest BCUT2D eigenvalue weighted by Gasteiger charge is 2.22. The molecule has 1 N–H and O–H groups in total. The molecule has 4 aromatic rings. The van der Waals surface area contributed by atoms with Gasteiger partial charge < -0.3 is 15.1 Å². The average molecular weight is 471 g/mol. The largest absolute Gasteiger partial charge is 0.367 e. The second-order valence-corrected chi connectivity index (χ2v) is 10.00. The molecule has 35 heavy (non-hydrogen) atoms. The number of benzene rings is 1. The van der Waals surface area contributed by atoms with Crippen molar-refractivity contribution in [2.75, 3.05) is 42.9 Å². The summed E-state index contributed by atoms with van der Waals surface area (Å²) < 4.78 is 1.96. The molecule has 0 saturated carbocycles. The van der Waals surface area contributed by atoms with Gasteiger partial charge in [-0.3, -0.25) is 0 Å². The Kier molecular flexibility index (Phi) is 5.76. The fraction of sp³-hybridized carbons (Fsp3) is 0.481. The zero-order chi connectivity index (χ0) is 23.9. The van der Waals surface area contributed by atoms with Crippen LogP contribution in [0, 0.1) is 13.8 Å². The molecule has 5 heterocycles. The lowest BCUT2D eigenvalue weighted by molar-refractivity contribution is 0.229. The standard InChI is InChI=1S/C27H34N8/c1-4-33-13-9-20(10-14-33)29-26-17-24(34-11-5-6-12-34)31-25-16-23(32-35(25)26)27-19(3)28-21-8-7-18(2)15-22(21)30-27/h7-8,15-17,20,29H,4-6,9-14H2,1-3H3. The zero-order valence-electron chi connectivity index (χ0n) is 21.0. The van der Waals surface area contributed by atoms with Crippen molar-refractivity contribution in [1.29, 1.82) is 0 Å². The van der Waals surface area contributed by atoms with Crippen LogP contribution in [0.3, 0.4) is 0 Å². The summed E-state index contributed by atoms with van der Waals surface area (Å²) in [5, 5.41) is 8.82. The Morgan fingerprint density at radius 1 is 0.914 bits per heavy atom. The monoisotopic (exact) mass is 470 g/mol. The van der Waals surface area contributed by atoms with Gasteiger partial charge in [0, 0.05) is 44.4 Å². The Bertz CT molecular complexity index is 1360. The summed E-state index contributed by atoms with van der Waals surface area (Å²) >= 11 is 0. The van der Waals surface area contributed by atoms with Gasteiger partial charge in [0.2, 0.25) is 0 Å². The van der Waals surface area contributed by atoms with Crippen LogP contribution in [0.25, 0.3) is 28.1 Å². The van der Waals surface area contributed by atoms with Crippen LogP contribution in [0.15, 0.2) is 30.3 Å². The summed E-state index contributed by atoms with van der Waals surface area (Å²) in [5.74, 6) is 2.05. The number of likely N-dealkylation sites (tertiary alicyclic amines) is 1. The van der Waals surface area contributed by atoms with E-state index in [0.29, 0.717) is 6.04 Å². The third-order valence-electron chi connectivity index (χ3n) is 7.47. The smallest absolute Gasteiger partial charge is 0.160 e. The Morgan fingerprint density at radius 3 is 2.49 bits per heavy atom. The second-order valence-electron chi connectivity index (χ2n) is 10.00. The predicted molar refractivity (Wildman–Crippen MR) is 141 cm³/mol. The van der Waals surface area contributed by atoms with E-state index in [2.05, 4.69) is 53.2 Å². The average Bonchev–Trinajstić information content (AvgIpc) is 3.55. The first kappa shape index (κ1) is 22.2.